The summed E-state index contributed by atoms with van der Waals surface area (Å²) in [7, 11) is 1.70. The van der Waals surface area contributed by atoms with Crippen LogP contribution >= 0.6 is 0 Å². The van der Waals surface area contributed by atoms with Gasteiger partial charge in [-0.25, -0.2) is 0 Å². The topological polar surface area (TPSA) is 44.4 Å². The molecule has 2 rings (SSSR count). The van der Waals surface area contributed by atoms with E-state index in [1.54, 1.807) is 7.05 Å². The zero-order chi connectivity index (χ0) is 11.4. The van der Waals surface area contributed by atoms with Crippen LogP contribution in [0.15, 0.2) is 0 Å². The number of piperidine rings is 1. The van der Waals surface area contributed by atoms with Gasteiger partial charge in [-0.2, -0.15) is 0 Å². The van der Waals surface area contributed by atoms with Crippen LogP contribution in [0.3, 0.4) is 0 Å². The molecule has 0 unspecified atom stereocenters. The highest BCUT2D eigenvalue weighted by molar-refractivity contribution is 5.77. The zero-order valence-electron chi connectivity index (χ0n) is 10.2. The Hall–Kier alpha value is -0.610. The number of likely N-dealkylation sites (N-methyl/N-ethyl adjacent to an activating group) is 1. The third kappa shape index (κ3) is 3.76. The van der Waals surface area contributed by atoms with Crippen molar-refractivity contribution >= 4 is 5.91 Å². The van der Waals surface area contributed by atoms with Crippen LogP contribution in [0.25, 0.3) is 0 Å². The Bertz CT molecular complexity index is 232. The van der Waals surface area contributed by atoms with Gasteiger partial charge in [0.1, 0.15) is 0 Å². The Kier molecular flexibility index (Phi) is 4.18. The van der Waals surface area contributed by atoms with Crippen molar-refractivity contribution in [3.8, 4) is 0 Å². The number of nitrogens with one attached hydrogen (secondary N) is 2. The van der Waals surface area contributed by atoms with Crippen molar-refractivity contribution < 1.29 is 4.79 Å². The quantitative estimate of drug-likeness (QED) is 0.702. The van der Waals surface area contributed by atoms with Crippen molar-refractivity contribution in [2.45, 2.75) is 31.7 Å². The average molecular weight is 225 g/mol. The van der Waals surface area contributed by atoms with Gasteiger partial charge in [0, 0.05) is 13.1 Å². The molecule has 92 valence electrons. The normalized spacial score (nSPS) is 23.3. The Morgan fingerprint density at radius 2 is 1.94 bits per heavy atom. The molecule has 1 amide bonds. The number of likely N-dealkylation sites (tertiary alicyclic amines) is 1. The maximum atomic E-state index is 11.2. The second-order valence-corrected chi connectivity index (χ2v) is 5.08. The molecule has 0 aromatic rings. The van der Waals surface area contributed by atoms with E-state index in [0.29, 0.717) is 6.54 Å². The molecule has 1 aliphatic carbocycles. The Morgan fingerprint density at radius 1 is 1.25 bits per heavy atom. The smallest absolute Gasteiger partial charge is 0.233 e. The van der Waals surface area contributed by atoms with Gasteiger partial charge in [0.25, 0.3) is 0 Å². The fraction of sp³-hybridized carbons (Fsp3) is 0.917. The fourth-order valence-corrected chi connectivity index (χ4v) is 2.25. The molecule has 2 fully saturated rings. The maximum absolute atomic E-state index is 11.2. The van der Waals surface area contributed by atoms with Crippen LogP contribution in [-0.4, -0.2) is 50.1 Å². The maximum Gasteiger partial charge on any atom is 0.233 e. The Labute approximate surface area is 97.8 Å². The van der Waals surface area contributed by atoms with Gasteiger partial charge in [0.05, 0.1) is 6.54 Å². The van der Waals surface area contributed by atoms with Gasteiger partial charge in [0.2, 0.25) is 5.91 Å². The van der Waals surface area contributed by atoms with E-state index < -0.39 is 0 Å². The van der Waals surface area contributed by atoms with Gasteiger partial charge in [-0.05, 0) is 51.2 Å². The van der Waals surface area contributed by atoms with Crippen molar-refractivity contribution in [3.05, 3.63) is 0 Å². The second-order valence-electron chi connectivity index (χ2n) is 5.08. The van der Waals surface area contributed by atoms with Crippen LogP contribution in [0.5, 0.6) is 0 Å². The lowest BCUT2D eigenvalue weighted by atomic mass is 9.97. The number of amides is 1. The molecule has 0 atom stereocenters. The first-order valence-corrected chi connectivity index (χ1v) is 6.44. The lowest BCUT2D eigenvalue weighted by Gasteiger charge is -2.31. The molecule has 1 saturated heterocycles. The molecule has 16 heavy (non-hydrogen) atoms. The number of carbonyl (C=O) groups is 1. The Balaban J connectivity index is 1.59. The van der Waals surface area contributed by atoms with Gasteiger partial charge in [0.15, 0.2) is 0 Å². The molecular weight excluding hydrogens is 202 g/mol. The van der Waals surface area contributed by atoms with Gasteiger partial charge in [-0.1, -0.05) is 0 Å². The van der Waals surface area contributed by atoms with Crippen molar-refractivity contribution in [3.63, 3.8) is 0 Å². The second kappa shape index (κ2) is 5.64. The van der Waals surface area contributed by atoms with Gasteiger partial charge in [-0.15, -0.1) is 0 Å². The zero-order valence-corrected chi connectivity index (χ0v) is 10.2. The van der Waals surface area contributed by atoms with Crippen LogP contribution < -0.4 is 10.6 Å². The van der Waals surface area contributed by atoms with Crippen LogP contribution in [-0.2, 0) is 4.79 Å². The van der Waals surface area contributed by atoms with Gasteiger partial charge < -0.3 is 10.6 Å². The van der Waals surface area contributed by atoms with Crippen LogP contribution in [0.4, 0.5) is 0 Å². The molecule has 1 heterocycles. The predicted octanol–water partition coefficient (Wildman–Crippen LogP) is 0.196. The number of nitrogens with zero attached hydrogens (tertiary/aromatic N) is 1. The number of carbonyl (C=O) groups excluding carboxylic acids is 1. The summed E-state index contributed by atoms with van der Waals surface area (Å²) in [4.78, 5) is 13.5. The Morgan fingerprint density at radius 3 is 2.50 bits per heavy atom. The van der Waals surface area contributed by atoms with E-state index in [1.807, 2.05) is 0 Å². The van der Waals surface area contributed by atoms with Crippen LogP contribution in [0.2, 0.25) is 0 Å². The molecule has 0 aromatic heterocycles. The summed E-state index contributed by atoms with van der Waals surface area (Å²) < 4.78 is 0. The number of hydrogen-bond donors (Lipinski definition) is 2. The minimum absolute atomic E-state index is 0.134. The third-order valence-corrected chi connectivity index (χ3v) is 3.63. The van der Waals surface area contributed by atoms with Gasteiger partial charge >= 0.3 is 0 Å². The molecule has 2 N–H and O–H groups in total. The molecule has 0 bridgehead atoms. The SMILES string of the molecule is CNC(=O)CN1CCC(CNC2CC2)CC1. The lowest BCUT2D eigenvalue weighted by molar-refractivity contribution is -0.122. The van der Waals surface area contributed by atoms with Crippen molar-refractivity contribution in [1.82, 2.24) is 15.5 Å². The summed E-state index contributed by atoms with van der Waals surface area (Å²) >= 11 is 0. The standard InChI is InChI=1S/C12H23N3O/c1-13-12(16)9-15-6-4-10(5-7-15)8-14-11-2-3-11/h10-11,14H,2-9H2,1H3,(H,13,16). The van der Waals surface area contributed by atoms with E-state index in [2.05, 4.69) is 15.5 Å². The molecular formula is C12H23N3O. The van der Waals surface area contributed by atoms with E-state index in [4.69, 9.17) is 0 Å². The van der Waals surface area contributed by atoms with Crippen molar-refractivity contribution in [2.75, 3.05) is 33.2 Å². The minimum Gasteiger partial charge on any atom is -0.358 e. The highest BCUT2D eigenvalue weighted by Crippen LogP contribution is 2.21. The van der Waals surface area contributed by atoms with Crippen molar-refractivity contribution in [1.29, 1.82) is 0 Å². The molecule has 4 heteroatoms. The monoisotopic (exact) mass is 225 g/mol. The highest BCUT2D eigenvalue weighted by atomic mass is 16.1. The molecule has 4 nitrogen and oxygen atoms in total. The highest BCUT2D eigenvalue weighted by Gasteiger charge is 2.24. The summed E-state index contributed by atoms with van der Waals surface area (Å²) in [6.45, 7) is 3.90. The largest absolute Gasteiger partial charge is 0.358 e. The molecule has 0 aromatic carbocycles. The first-order valence-electron chi connectivity index (χ1n) is 6.44. The summed E-state index contributed by atoms with van der Waals surface area (Å²) in [5.41, 5.74) is 0. The molecule has 0 radical (unpaired) electrons. The third-order valence-electron chi connectivity index (χ3n) is 3.63. The van der Waals surface area contributed by atoms with E-state index in [1.165, 1.54) is 32.2 Å². The predicted molar refractivity (Wildman–Crippen MR) is 64.3 cm³/mol. The number of hydrogen-bond acceptors (Lipinski definition) is 3. The van der Waals surface area contributed by atoms with E-state index >= 15 is 0 Å². The van der Waals surface area contributed by atoms with Crippen LogP contribution in [0, 0.1) is 5.92 Å². The molecule has 1 aliphatic heterocycles. The average Bonchev–Trinajstić information content (AvgIpc) is 3.12. The summed E-state index contributed by atoms with van der Waals surface area (Å²) in [5, 5.41) is 6.27. The van der Waals surface area contributed by atoms with E-state index in [-0.39, 0.29) is 5.91 Å². The van der Waals surface area contributed by atoms with E-state index in [0.717, 1.165) is 25.0 Å². The minimum atomic E-state index is 0.134. The first-order chi connectivity index (χ1) is 7.78. The summed E-state index contributed by atoms with van der Waals surface area (Å²) in [5.74, 6) is 0.955. The molecule has 1 saturated carbocycles. The summed E-state index contributed by atoms with van der Waals surface area (Å²) in [6.07, 6.45) is 5.21. The van der Waals surface area contributed by atoms with Crippen molar-refractivity contribution in [2.24, 2.45) is 5.92 Å². The number of rotatable bonds is 5. The van der Waals surface area contributed by atoms with E-state index in [9.17, 15) is 4.79 Å². The first kappa shape index (κ1) is 11.9. The molecule has 0 spiro atoms. The lowest BCUT2D eigenvalue weighted by Crippen LogP contribution is -2.42. The molecule has 2 aliphatic rings. The van der Waals surface area contributed by atoms with Gasteiger partial charge in [-0.3, -0.25) is 9.69 Å². The van der Waals surface area contributed by atoms with Crippen LogP contribution in [0.1, 0.15) is 25.7 Å². The fourth-order valence-electron chi connectivity index (χ4n) is 2.25. The summed E-state index contributed by atoms with van der Waals surface area (Å²) in [6, 6.07) is 0.823.